The minimum Gasteiger partial charge on any atom is -0.462 e. The maximum atomic E-state index is 10.8. The number of hydrogen-bond acceptors (Lipinski definition) is 10. The molecule has 1 aliphatic heterocycles. The largest absolute Gasteiger partial charge is 0.462 e. The van der Waals surface area contributed by atoms with Crippen LogP contribution >= 0.6 is 0 Å². The maximum absolute atomic E-state index is 10.8. The smallest absolute Gasteiger partial charge is 0.266 e. The zero-order valence-corrected chi connectivity index (χ0v) is 29.0. The van der Waals surface area contributed by atoms with Crippen LogP contribution in [0.3, 0.4) is 0 Å². The number of hydrogen-bond donors (Lipinski definition) is 5. The molecule has 1 aliphatic rings. The van der Waals surface area contributed by atoms with Crippen molar-refractivity contribution in [3.8, 4) is 5.75 Å². The van der Waals surface area contributed by atoms with Gasteiger partial charge >= 0.3 is 0 Å². The van der Waals surface area contributed by atoms with Crippen molar-refractivity contribution in [1.82, 2.24) is 10.2 Å². The van der Waals surface area contributed by atoms with Crippen LogP contribution in [0.15, 0.2) is 24.3 Å². The topological polar surface area (TPSA) is 166 Å². The normalized spacial score (nSPS) is 22.0. The van der Waals surface area contributed by atoms with Crippen molar-refractivity contribution < 1.29 is 42.6 Å². The van der Waals surface area contributed by atoms with Crippen LogP contribution in [0, 0.1) is 11.8 Å². The van der Waals surface area contributed by atoms with Crippen LogP contribution in [0.25, 0.3) is 0 Å². The first-order chi connectivity index (χ1) is 21.1. The number of Topliss-reactive ketones (excluding diaryl/α,β-unsaturated/α-hetero) is 1. The monoisotopic (exact) mass is 660 g/mol. The van der Waals surface area contributed by atoms with E-state index in [1.807, 2.05) is 36.1 Å². The molecule has 1 saturated heterocycles. The number of unbranched alkanes of at least 4 members (excludes halogenated alkanes) is 1. The molecule has 1 heterocycles. The molecule has 45 heavy (non-hydrogen) atoms. The van der Waals surface area contributed by atoms with E-state index in [1.165, 1.54) is 24.8 Å². The van der Waals surface area contributed by atoms with E-state index in [4.69, 9.17) is 14.0 Å². The molecule has 1 aromatic rings. The number of ether oxygens (including phenoxy) is 2. The molecule has 0 radical (unpaired) electrons. The average Bonchev–Trinajstić information content (AvgIpc) is 2.96. The highest BCUT2D eigenvalue weighted by Crippen LogP contribution is 2.26. The van der Waals surface area contributed by atoms with Crippen LogP contribution in [-0.2, 0) is 26.1 Å². The Kier molecular flexibility index (Phi) is 20.3. The molecular weight excluding hydrogens is 600 g/mol. The van der Waals surface area contributed by atoms with Crippen LogP contribution < -0.4 is 10.1 Å². The minimum absolute atomic E-state index is 0.153. The van der Waals surface area contributed by atoms with E-state index >= 15 is 0 Å². The van der Waals surface area contributed by atoms with Gasteiger partial charge < -0.3 is 35.0 Å². The second-order valence-corrected chi connectivity index (χ2v) is 14.4. The van der Waals surface area contributed by atoms with E-state index in [0.29, 0.717) is 50.7 Å². The summed E-state index contributed by atoms with van der Waals surface area (Å²) >= 11 is 0. The van der Waals surface area contributed by atoms with Crippen molar-refractivity contribution in [2.75, 3.05) is 38.5 Å². The Balaban J connectivity index is 0.000000463. The van der Waals surface area contributed by atoms with Gasteiger partial charge in [0.2, 0.25) is 6.29 Å². The summed E-state index contributed by atoms with van der Waals surface area (Å²) < 4.78 is 41.7. The van der Waals surface area contributed by atoms with E-state index in [1.54, 1.807) is 6.92 Å². The summed E-state index contributed by atoms with van der Waals surface area (Å²) in [6.45, 7) is 15.3. The molecule has 1 fully saturated rings. The summed E-state index contributed by atoms with van der Waals surface area (Å²) in [7, 11) is -3.91. The van der Waals surface area contributed by atoms with Crippen LogP contribution in [0.5, 0.6) is 5.75 Å². The van der Waals surface area contributed by atoms with Crippen molar-refractivity contribution in [1.29, 1.82) is 0 Å². The van der Waals surface area contributed by atoms with Crippen molar-refractivity contribution in [3.63, 3.8) is 0 Å². The van der Waals surface area contributed by atoms with Crippen LogP contribution in [0.1, 0.15) is 85.6 Å². The van der Waals surface area contributed by atoms with E-state index < -0.39 is 40.8 Å². The fourth-order valence-electron chi connectivity index (χ4n) is 4.75. The molecular formula is C33H60N2O9S. The van der Waals surface area contributed by atoms with Crippen LogP contribution in [-0.4, -0.2) is 108 Å². The number of benzene rings is 1. The van der Waals surface area contributed by atoms with Crippen molar-refractivity contribution in [3.05, 3.63) is 29.8 Å². The summed E-state index contributed by atoms with van der Waals surface area (Å²) in [4.78, 5) is 12.8. The Morgan fingerprint density at radius 1 is 0.933 bits per heavy atom. The summed E-state index contributed by atoms with van der Waals surface area (Å²) in [5.41, 5.74) is 1.25. The molecule has 0 spiro atoms. The molecule has 0 aliphatic carbocycles. The standard InChI is InChI=1S/C20H32O5.C13H28N2O4S/c1-4-16-17(21)18(22)19(23)20(25-16)24-15-11-9-14(10-12-15)8-6-5-7-13(2)3;1-12(2)5-8-15(10-11-20(17,18)19)9-7-14-6-4-13(3)16/h9-13,16-23H,4-8H2,1-3H3;12,14H,4-11H2,1-3H3,(H,17,18,19). The van der Waals surface area contributed by atoms with Gasteiger partial charge in [0.1, 0.15) is 29.8 Å². The first-order valence-corrected chi connectivity index (χ1v) is 18.1. The van der Waals surface area contributed by atoms with Crippen molar-refractivity contribution in [2.24, 2.45) is 11.8 Å². The first-order valence-electron chi connectivity index (χ1n) is 16.5. The number of rotatable bonds is 20. The second-order valence-electron chi connectivity index (χ2n) is 12.8. The Labute approximate surface area is 271 Å². The molecule has 5 N–H and O–H groups in total. The Hall–Kier alpha value is -1.64. The predicted molar refractivity (Wildman–Crippen MR) is 177 cm³/mol. The number of aryl methyl sites for hydroxylation is 1. The van der Waals surface area contributed by atoms with Gasteiger partial charge in [-0.15, -0.1) is 0 Å². The zero-order chi connectivity index (χ0) is 34.0. The van der Waals surface area contributed by atoms with E-state index in [9.17, 15) is 28.5 Å². The van der Waals surface area contributed by atoms with Gasteiger partial charge in [-0.1, -0.05) is 59.6 Å². The van der Waals surface area contributed by atoms with Gasteiger partial charge in [0.15, 0.2) is 0 Å². The third-order valence-electron chi connectivity index (χ3n) is 7.69. The third-order valence-corrected chi connectivity index (χ3v) is 8.39. The number of carbonyl (C=O) groups excluding carboxylic acids is 1. The fraction of sp³-hybridized carbons (Fsp3) is 0.788. The number of aliphatic hydroxyl groups excluding tert-OH is 3. The van der Waals surface area contributed by atoms with Gasteiger partial charge in [0, 0.05) is 32.6 Å². The summed E-state index contributed by atoms with van der Waals surface area (Å²) in [6, 6.07) is 7.74. The van der Waals surface area contributed by atoms with Gasteiger partial charge in [-0.05, 0) is 68.7 Å². The number of carbonyl (C=O) groups is 1. The van der Waals surface area contributed by atoms with E-state index in [2.05, 4.69) is 33.0 Å². The lowest BCUT2D eigenvalue weighted by Crippen LogP contribution is -2.58. The minimum atomic E-state index is -3.91. The van der Waals surface area contributed by atoms with Gasteiger partial charge in [-0.3, -0.25) is 9.35 Å². The molecule has 5 unspecified atom stereocenters. The number of aliphatic hydroxyl groups is 3. The molecule has 0 saturated carbocycles. The molecule has 0 aromatic heterocycles. The number of nitrogens with zero attached hydrogens (tertiary/aromatic N) is 1. The zero-order valence-electron chi connectivity index (χ0n) is 28.2. The average molecular weight is 661 g/mol. The number of nitrogens with one attached hydrogen (secondary N) is 1. The fourth-order valence-corrected chi connectivity index (χ4v) is 5.24. The Morgan fingerprint density at radius 3 is 2.13 bits per heavy atom. The Bertz CT molecular complexity index is 1040. The van der Waals surface area contributed by atoms with Gasteiger partial charge in [-0.25, -0.2) is 0 Å². The maximum Gasteiger partial charge on any atom is 0.266 e. The lowest BCUT2D eigenvalue weighted by atomic mass is 9.97. The second kappa shape index (κ2) is 22.0. The van der Waals surface area contributed by atoms with E-state index in [-0.39, 0.29) is 11.5 Å². The molecule has 2 rings (SSSR count). The van der Waals surface area contributed by atoms with Gasteiger partial charge in [0.05, 0.1) is 11.9 Å². The first kappa shape index (κ1) is 41.4. The van der Waals surface area contributed by atoms with Crippen LogP contribution in [0.4, 0.5) is 0 Å². The summed E-state index contributed by atoms with van der Waals surface area (Å²) in [6.07, 6.45) is 1.52. The van der Waals surface area contributed by atoms with Gasteiger partial charge in [-0.2, -0.15) is 8.42 Å². The highest BCUT2D eigenvalue weighted by atomic mass is 32.2. The lowest BCUT2D eigenvalue weighted by Gasteiger charge is -2.40. The van der Waals surface area contributed by atoms with Crippen LogP contribution in [0.2, 0.25) is 0 Å². The SMILES string of the molecule is CC(=O)CCNCCN(CCC(C)C)CCS(=O)(=O)O.CCC1OC(Oc2ccc(CCCCC(C)C)cc2)C(O)C(O)C1O. The predicted octanol–water partition coefficient (Wildman–Crippen LogP) is 3.44. The van der Waals surface area contributed by atoms with E-state index in [0.717, 1.165) is 25.3 Å². The summed E-state index contributed by atoms with van der Waals surface area (Å²) in [5, 5.41) is 33.0. The van der Waals surface area contributed by atoms with Crippen molar-refractivity contribution >= 4 is 15.9 Å². The molecule has 12 heteroatoms. The number of ketones is 1. The highest BCUT2D eigenvalue weighted by Gasteiger charge is 2.44. The lowest BCUT2D eigenvalue weighted by molar-refractivity contribution is -0.272. The highest BCUT2D eigenvalue weighted by molar-refractivity contribution is 7.85. The molecule has 0 bridgehead atoms. The third kappa shape index (κ3) is 18.9. The Morgan fingerprint density at radius 2 is 1.58 bits per heavy atom. The molecule has 11 nitrogen and oxygen atoms in total. The quantitative estimate of drug-likeness (QED) is 0.103. The van der Waals surface area contributed by atoms with Crippen molar-refractivity contribution in [2.45, 2.75) is 117 Å². The molecule has 1 aromatic carbocycles. The summed E-state index contributed by atoms with van der Waals surface area (Å²) in [5.74, 6) is 1.79. The van der Waals surface area contributed by atoms with Gasteiger partial charge in [0.25, 0.3) is 10.1 Å². The molecule has 262 valence electrons. The molecule has 5 atom stereocenters. The molecule has 0 amide bonds.